The Balaban J connectivity index is 2.14. The van der Waals surface area contributed by atoms with Gasteiger partial charge in [0.25, 0.3) is 0 Å². The van der Waals surface area contributed by atoms with Crippen molar-refractivity contribution in [2.24, 2.45) is 0 Å². The van der Waals surface area contributed by atoms with Crippen LogP contribution in [0.15, 0.2) is 45.2 Å². The molecular formula is C11H8N4S2. The second kappa shape index (κ2) is 4.31. The van der Waals surface area contributed by atoms with Crippen molar-refractivity contribution in [3.05, 3.63) is 36.0 Å². The molecule has 4 nitrogen and oxygen atoms in total. The van der Waals surface area contributed by atoms with Crippen molar-refractivity contribution in [2.75, 3.05) is 5.73 Å². The van der Waals surface area contributed by atoms with Gasteiger partial charge in [-0.3, -0.25) is 4.98 Å². The molecule has 3 rings (SSSR count). The molecule has 0 amide bonds. The number of hydrogen-bond acceptors (Lipinski definition) is 6. The molecule has 0 atom stereocenters. The highest BCUT2D eigenvalue weighted by Gasteiger charge is 2.07. The smallest absolute Gasteiger partial charge is 0.178 e. The molecule has 0 bridgehead atoms. The van der Waals surface area contributed by atoms with Gasteiger partial charge in [-0.1, -0.05) is 35.2 Å². The van der Waals surface area contributed by atoms with Gasteiger partial charge in [-0.05, 0) is 12.1 Å². The van der Waals surface area contributed by atoms with E-state index in [1.54, 1.807) is 23.5 Å². The third-order valence-electron chi connectivity index (χ3n) is 2.30. The van der Waals surface area contributed by atoms with Gasteiger partial charge in [-0.2, -0.15) is 0 Å². The summed E-state index contributed by atoms with van der Waals surface area (Å²) in [6.45, 7) is 0. The first-order valence-corrected chi connectivity index (χ1v) is 6.61. The number of nitrogens with two attached hydrogens (primary N) is 1. The Kier molecular flexibility index (Phi) is 2.66. The van der Waals surface area contributed by atoms with Gasteiger partial charge in [0.1, 0.15) is 5.51 Å². The molecule has 0 radical (unpaired) electrons. The molecule has 0 spiro atoms. The number of nitrogen functional groups attached to an aromatic ring is 1. The molecule has 2 heterocycles. The predicted octanol–water partition coefficient (Wildman–Crippen LogP) is 2.82. The third kappa shape index (κ3) is 1.96. The Hall–Kier alpha value is -1.66. The number of benzene rings is 1. The molecule has 0 aliphatic carbocycles. The van der Waals surface area contributed by atoms with E-state index in [-0.39, 0.29) is 0 Å². The van der Waals surface area contributed by atoms with Crippen molar-refractivity contribution in [2.45, 2.75) is 9.24 Å². The number of nitrogens with zero attached hydrogens (tertiary/aromatic N) is 3. The van der Waals surface area contributed by atoms with E-state index >= 15 is 0 Å². The zero-order chi connectivity index (χ0) is 11.7. The average molecular weight is 260 g/mol. The molecular weight excluding hydrogens is 252 g/mol. The minimum atomic E-state index is 0.696. The summed E-state index contributed by atoms with van der Waals surface area (Å²) in [5.41, 5.74) is 9.16. The molecule has 0 unspecified atom stereocenters. The lowest BCUT2D eigenvalue weighted by atomic mass is 10.2. The van der Waals surface area contributed by atoms with E-state index < -0.39 is 0 Å². The van der Waals surface area contributed by atoms with Gasteiger partial charge < -0.3 is 5.73 Å². The van der Waals surface area contributed by atoms with Crippen LogP contribution in [0.4, 0.5) is 5.69 Å². The molecule has 0 aliphatic rings. The van der Waals surface area contributed by atoms with E-state index in [9.17, 15) is 0 Å². The standard InChI is InChI=1S/C11H8N4S2/c12-8-3-1-2-7-9(4-5-13-10(7)8)17-11-15-14-6-16-11/h1-6H,12H2. The largest absolute Gasteiger partial charge is 0.397 e. The van der Waals surface area contributed by atoms with Crippen LogP contribution < -0.4 is 5.73 Å². The van der Waals surface area contributed by atoms with Crippen molar-refractivity contribution in [3.8, 4) is 0 Å². The van der Waals surface area contributed by atoms with E-state index in [2.05, 4.69) is 15.2 Å². The van der Waals surface area contributed by atoms with Gasteiger partial charge in [0.05, 0.1) is 11.2 Å². The molecule has 2 aromatic heterocycles. The van der Waals surface area contributed by atoms with Crippen molar-refractivity contribution in [1.29, 1.82) is 0 Å². The Bertz CT molecular complexity index is 652. The van der Waals surface area contributed by atoms with Gasteiger partial charge in [-0.25, -0.2) is 0 Å². The summed E-state index contributed by atoms with van der Waals surface area (Å²) in [4.78, 5) is 5.40. The van der Waals surface area contributed by atoms with Crippen LogP contribution in [0.2, 0.25) is 0 Å². The second-order valence-electron chi connectivity index (χ2n) is 3.36. The Labute approximate surface area is 106 Å². The molecule has 0 saturated carbocycles. The molecule has 0 aliphatic heterocycles. The van der Waals surface area contributed by atoms with Gasteiger partial charge in [0.2, 0.25) is 0 Å². The van der Waals surface area contributed by atoms with E-state index in [4.69, 9.17) is 5.73 Å². The highest BCUT2D eigenvalue weighted by Crippen LogP contribution is 2.34. The van der Waals surface area contributed by atoms with Crippen molar-refractivity contribution in [1.82, 2.24) is 15.2 Å². The normalized spacial score (nSPS) is 10.8. The number of pyridine rings is 1. The summed E-state index contributed by atoms with van der Waals surface area (Å²) < 4.78 is 0.917. The maximum Gasteiger partial charge on any atom is 0.178 e. The average Bonchev–Trinajstić information content (AvgIpc) is 2.83. The molecule has 84 valence electrons. The zero-order valence-corrected chi connectivity index (χ0v) is 10.3. The lowest BCUT2D eigenvalue weighted by Gasteiger charge is -2.04. The van der Waals surface area contributed by atoms with Crippen molar-refractivity contribution >= 4 is 39.7 Å². The third-order valence-corrected chi connectivity index (χ3v) is 4.15. The van der Waals surface area contributed by atoms with Crippen LogP contribution in [0.25, 0.3) is 10.9 Å². The number of fused-ring (bicyclic) bond motifs is 1. The quantitative estimate of drug-likeness (QED) is 0.718. The summed E-state index contributed by atoms with van der Waals surface area (Å²) in [6.07, 6.45) is 1.77. The molecule has 6 heteroatoms. The topological polar surface area (TPSA) is 64.7 Å². The minimum Gasteiger partial charge on any atom is -0.397 e. The Morgan fingerprint density at radius 1 is 1.24 bits per heavy atom. The number of para-hydroxylation sites is 1. The van der Waals surface area contributed by atoms with E-state index in [0.29, 0.717) is 5.69 Å². The molecule has 0 saturated heterocycles. The molecule has 3 aromatic rings. The van der Waals surface area contributed by atoms with Crippen LogP contribution in [-0.2, 0) is 0 Å². The first-order chi connectivity index (χ1) is 8.34. The maximum absolute atomic E-state index is 5.90. The fraction of sp³-hybridized carbons (Fsp3) is 0. The number of aromatic nitrogens is 3. The Morgan fingerprint density at radius 3 is 3.00 bits per heavy atom. The van der Waals surface area contributed by atoms with E-state index in [1.807, 2.05) is 24.3 Å². The van der Waals surface area contributed by atoms with Crippen LogP contribution >= 0.6 is 23.1 Å². The number of rotatable bonds is 2. The first-order valence-electron chi connectivity index (χ1n) is 4.92. The predicted molar refractivity (Wildman–Crippen MR) is 70.2 cm³/mol. The minimum absolute atomic E-state index is 0.696. The van der Waals surface area contributed by atoms with Crippen LogP contribution in [-0.4, -0.2) is 15.2 Å². The van der Waals surface area contributed by atoms with E-state index in [1.165, 1.54) is 11.3 Å². The first kappa shape index (κ1) is 10.5. The summed E-state index contributed by atoms with van der Waals surface area (Å²) in [5, 5.41) is 8.89. The fourth-order valence-electron chi connectivity index (χ4n) is 1.56. The molecule has 0 fully saturated rings. The molecule has 1 aromatic carbocycles. The van der Waals surface area contributed by atoms with Crippen molar-refractivity contribution < 1.29 is 0 Å². The van der Waals surface area contributed by atoms with Crippen LogP contribution in [0.5, 0.6) is 0 Å². The number of hydrogen-bond donors (Lipinski definition) is 1. The van der Waals surface area contributed by atoms with Gasteiger partial charge in [-0.15, -0.1) is 10.2 Å². The highest BCUT2D eigenvalue weighted by atomic mass is 32.2. The van der Waals surface area contributed by atoms with Gasteiger partial charge in [0, 0.05) is 16.5 Å². The summed E-state index contributed by atoms with van der Waals surface area (Å²) in [7, 11) is 0. The van der Waals surface area contributed by atoms with E-state index in [0.717, 1.165) is 20.1 Å². The highest BCUT2D eigenvalue weighted by molar-refractivity contribution is 8.01. The summed E-state index contributed by atoms with van der Waals surface area (Å²) >= 11 is 3.10. The Morgan fingerprint density at radius 2 is 2.18 bits per heavy atom. The van der Waals surface area contributed by atoms with Gasteiger partial charge >= 0.3 is 0 Å². The molecule has 2 N–H and O–H groups in total. The van der Waals surface area contributed by atoms with Gasteiger partial charge in [0.15, 0.2) is 4.34 Å². The summed E-state index contributed by atoms with van der Waals surface area (Å²) in [5.74, 6) is 0. The SMILES string of the molecule is Nc1cccc2c(Sc3nncs3)ccnc12. The van der Waals surface area contributed by atoms with Crippen LogP contribution in [0.1, 0.15) is 0 Å². The van der Waals surface area contributed by atoms with Crippen LogP contribution in [0.3, 0.4) is 0 Å². The van der Waals surface area contributed by atoms with Crippen molar-refractivity contribution in [3.63, 3.8) is 0 Å². The maximum atomic E-state index is 5.90. The fourth-order valence-corrected chi connectivity index (χ4v) is 3.11. The number of anilines is 1. The summed E-state index contributed by atoms with van der Waals surface area (Å²) in [6, 6.07) is 7.77. The molecule has 17 heavy (non-hydrogen) atoms. The second-order valence-corrected chi connectivity index (χ2v) is 5.48. The monoisotopic (exact) mass is 260 g/mol. The lowest BCUT2D eigenvalue weighted by molar-refractivity contribution is 1.01. The van der Waals surface area contributed by atoms with Crippen LogP contribution in [0, 0.1) is 0 Å². The lowest BCUT2D eigenvalue weighted by Crippen LogP contribution is -1.90. The zero-order valence-electron chi connectivity index (χ0n) is 8.70.